The Morgan fingerprint density at radius 3 is 2.65 bits per heavy atom. The highest BCUT2D eigenvalue weighted by Crippen LogP contribution is 2.30. The molecule has 1 atom stereocenters. The Kier molecular flexibility index (Phi) is 5.63. The Hall–Kier alpha value is -2.73. The van der Waals surface area contributed by atoms with Crippen LogP contribution in [0, 0.1) is 0 Å². The van der Waals surface area contributed by atoms with Crippen LogP contribution in [-0.2, 0) is 4.79 Å². The predicted molar refractivity (Wildman–Crippen MR) is 105 cm³/mol. The molecule has 0 spiro atoms. The lowest BCUT2D eigenvalue weighted by atomic mass is 10.2. The summed E-state index contributed by atoms with van der Waals surface area (Å²) in [5.74, 6) is 1.11. The van der Waals surface area contributed by atoms with Gasteiger partial charge in [0, 0.05) is 11.5 Å². The van der Waals surface area contributed by atoms with Gasteiger partial charge in [-0.25, -0.2) is 4.98 Å². The second kappa shape index (κ2) is 8.10. The minimum absolute atomic E-state index is 0.128. The number of nitrogens with one attached hydrogen (secondary N) is 1. The predicted octanol–water partition coefficient (Wildman–Crippen LogP) is 4.37. The molecule has 6 heteroatoms. The molecule has 1 heterocycles. The molecule has 0 fully saturated rings. The first kappa shape index (κ1) is 18.1. The molecular formula is C20H20N2O3S. The van der Waals surface area contributed by atoms with Crippen LogP contribution in [0.15, 0.2) is 59.6 Å². The lowest BCUT2D eigenvalue weighted by Gasteiger charge is -2.15. The van der Waals surface area contributed by atoms with Crippen molar-refractivity contribution in [3.8, 4) is 11.5 Å². The van der Waals surface area contributed by atoms with E-state index >= 15 is 0 Å². The van der Waals surface area contributed by atoms with Crippen LogP contribution in [0.1, 0.15) is 6.92 Å². The Morgan fingerprint density at radius 1 is 1.08 bits per heavy atom. The Morgan fingerprint density at radius 2 is 1.88 bits per heavy atom. The monoisotopic (exact) mass is 368 g/mol. The number of fused-ring (bicyclic) bond motifs is 1. The zero-order valence-electron chi connectivity index (χ0n) is 14.9. The molecule has 0 unspecified atom stereocenters. The smallest absolute Gasteiger partial charge is 0.237 e. The van der Waals surface area contributed by atoms with Gasteiger partial charge < -0.3 is 14.8 Å². The highest BCUT2D eigenvalue weighted by molar-refractivity contribution is 8.00. The van der Waals surface area contributed by atoms with Crippen LogP contribution >= 0.6 is 11.8 Å². The molecule has 1 amide bonds. The Labute approximate surface area is 156 Å². The van der Waals surface area contributed by atoms with Gasteiger partial charge in [0.05, 0.1) is 35.7 Å². The van der Waals surface area contributed by atoms with Crippen LogP contribution in [0.2, 0.25) is 0 Å². The second-order valence-corrected chi connectivity index (χ2v) is 7.02. The summed E-state index contributed by atoms with van der Waals surface area (Å²) in [5, 5.41) is 4.47. The minimum Gasteiger partial charge on any atom is -0.497 e. The van der Waals surface area contributed by atoms with Crippen molar-refractivity contribution in [1.29, 1.82) is 0 Å². The molecule has 5 nitrogen and oxygen atoms in total. The standard InChI is InChI=1S/C20H20N2O3S/c1-13(26-19-11-8-14-6-4-5-7-16(14)21-19)20(23)22-17-12-15(24-2)9-10-18(17)25-3/h4-13H,1-3H3,(H,22,23)/t13-/m1/s1. The number of pyridine rings is 1. The number of thioether (sulfide) groups is 1. The first-order valence-corrected chi connectivity index (χ1v) is 9.04. The highest BCUT2D eigenvalue weighted by atomic mass is 32.2. The topological polar surface area (TPSA) is 60.5 Å². The molecule has 2 aromatic carbocycles. The number of hydrogen-bond donors (Lipinski definition) is 1. The van der Waals surface area contributed by atoms with Crippen molar-refractivity contribution in [1.82, 2.24) is 4.98 Å². The van der Waals surface area contributed by atoms with Crippen molar-refractivity contribution in [2.24, 2.45) is 0 Å². The third-order valence-electron chi connectivity index (χ3n) is 3.90. The van der Waals surface area contributed by atoms with E-state index in [0.29, 0.717) is 17.2 Å². The van der Waals surface area contributed by atoms with Crippen molar-refractivity contribution in [2.75, 3.05) is 19.5 Å². The molecule has 0 aliphatic heterocycles. The molecule has 0 bridgehead atoms. The summed E-state index contributed by atoms with van der Waals surface area (Å²) < 4.78 is 10.5. The lowest BCUT2D eigenvalue weighted by Crippen LogP contribution is -2.22. The summed E-state index contributed by atoms with van der Waals surface area (Å²) in [5.41, 5.74) is 1.50. The van der Waals surface area contributed by atoms with Crippen LogP contribution in [0.25, 0.3) is 10.9 Å². The van der Waals surface area contributed by atoms with Gasteiger partial charge in [-0.1, -0.05) is 36.0 Å². The minimum atomic E-state index is -0.320. The van der Waals surface area contributed by atoms with Gasteiger partial charge in [0.1, 0.15) is 11.5 Å². The first-order chi connectivity index (χ1) is 12.6. The largest absolute Gasteiger partial charge is 0.497 e. The number of amides is 1. The van der Waals surface area contributed by atoms with Gasteiger partial charge in [-0.15, -0.1) is 0 Å². The van der Waals surface area contributed by atoms with Gasteiger partial charge in [0.2, 0.25) is 5.91 Å². The number of benzene rings is 2. The molecular weight excluding hydrogens is 348 g/mol. The molecule has 134 valence electrons. The summed E-state index contributed by atoms with van der Waals surface area (Å²) in [6.07, 6.45) is 0. The summed E-state index contributed by atoms with van der Waals surface area (Å²) in [7, 11) is 3.14. The third kappa shape index (κ3) is 4.08. The number of para-hydroxylation sites is 1. The first-order valence-electron chi connectivity index (χ1n) is 8.16. The number of aromatic nitrogens is 1. The van der Waals surface area contributed by atoms with Gasteiger partial charge in [-0.05, 0) is 31.2 Å². The molecule has 26 heavy (non-hydrogen) atoms. The Balaban J connectivity index is 1.73. The fourth-order valence-corrected chi connectivity index (χ4v) is 3.32. The number of hydrogen-bond acceptors (Lipinski definition) is 5. The van der Waals surface area contributed by atoms with Crippen molar-refractivity contribution >= 4 is 34.3 Å². The van der Waals surface area contributed by atoms with E-state index in [0.717, 1.165) is 15.9 Å². The molecule has 3 rings (SSSR count). The van der Waals surface area contributed by atoms with E-state index in [-0.39, 0.29) is 11.2 Å². The van der Waals surface area contributed by atoms with E-state index in [9.17, 15) is 4.79 Å². The number of ether oxygens (including phenoxy) is 2. The molecule has 0 saturated carbocycles. The second-order valence-electron chi connectivity index (χ2n) is 5.66. The molecule has 0 aliphatic rings. The summed E-state index contributed by atoms with van der Waals surface area (Å²) >= 11 is 1.41. The maximum atomic E-state index is 12.6. The van der Waals surface area contributed by atoms with Gasteiger partial charge in [-0.3, -0.25) is 4.79 Å². The zero-order chi connectivity index (χ0) is 18.5. The van der Waals surface area contributed by atoms with E-state index in [2.05, 4.69) is 10.3 Å². The van der Waals surface area contributed by atoms with Crippen LogP contribution in [0.3, 0.4) is 0 Å². The van der Waals surface area contributed by atoms with Crippen molar-refractivity contribution in [3.05, 3.63) is 54.6 Å². The number of carbonyl (C=O) groups is 1. The van der Waals surface area contributed by atoms with E-state index in [1.165, 1.54) is 11.8 Å². The fraction of sp³-hybridized carbons (Fsp3) is 0.200. The number of nitrogens with zero attached hydrogens (tertiary/aromatic N) is 1. The zero-order valence-corrected chi connectivity index (χ0v) is 15.7. The van der Waals surface area contributed by atoms with Crippen molar-refractivity contribution in [3.63, 3.8) is 0 Å². The van der Waals surface area contributed by atoms with Crippen LogP contribution in [0.5, 0.6) is 11.5 Å². The van der Waals surface area contributed by atoms with E-state index in [1.54, 1.807) is 32.4 Å². The van der Waals surface area contributed by atoms with E-state index in [4.69, 9.17) is 9.47 Å². The maximum absolute atomic E-state index is 12.6. The number of anilines is 1. The molecule has 0 radical (unpaired) electrons. The van der Waals surface area contributed by atoms with Crippen LogP contribution in [0.4, 0.5) is 5.69 Å². The molecule has 3 aromatic rings. The summed E-state index contributed by atoms with van der Waals surface area (Å²) in [4.78, 5) is 17.2. The van der Waals surface area contributed by atoms with E-state index in [1.807, 2.05) is 43.3 Å². The maximum Gasteiger partial charge on any atom is 0.237 e. The molecule has 1 N–H and O–H groups in total. The number of rotatable bonds is 6. The van der Waals surface area contributed by atoms with Gasteiger partial charge in [0.15, 0.2) is 0 Å². The van der Waals surface area contributed by atoms with Crippen molar-refractivity contribution < 1.29 is 14.3 Å². The summed E-state index contributed by atoms with van der Waals surface area (Å²) in [6, 6.07) is 17.1. The third-order valence-corrected chi connectivity index (χ3v) is 4.94. The van der Waals surface area contributed by atoms with Crippen LogP contribution < -0.4 is 14.8 Å². The van der Waals surface area contributed by atoms with Gasteiger partial charge in [-0.2, -0.15) is 0 Å². The highest BCUT2D eigenvalue weighted by Gasteiger charge is 2.17. The summed E-state index contributed by atoms with van der Waals surface area (Å²) in [6.45, 7) is 1.85. The SMILES string of the molecule is COc1ccc(OC)c(NC(=O)[C@@H](C)Sc2ccc3ccccc3n2)c1. The van der Waals surface area contributed by atoms with E-state index < -0.39 is 0 Å². The normalized spacial score (nSPS) is 11.8. The quantitative estimate of drug-likeness (QED) is 0.655. The number of carbonyl (C=O) groups excluding carboxylic acids is 1. The van der Waals surface area contributed by atoms with Crippen LogP contribution in [-0.4, -0.2) is 30.4 Å². The number of methoxy groups -OCH3 is 2. The fourth-order valence-electron chi connectivity index (χ4n) is 2.49. The van der Waals surface area contributed by atoms with Crippen molar-refractivity contribution in [2.45, 2.75) is 17.2 Å². The van der Waals surface area contributed by atoms with Gasteiger partial charge in [0.25, 0.3) is 0 Å². The average Bonchev–Trinajstić information content (AvgIpc) is 2.67. The lowest BCUT2D eigenvalue weighted by molar-refractivity contribution is -0.115. The molecule has 1 aromatic heterocycles. The van der Waals surface area contributed by atoms with Gasteiger partial charge >= 0.3 is 0 Å². The molecule has 0 saturated heterocycles. The average molecular weight is 368 g/mol. The Bertz CT molecular complexity index is 930. The molecule has 0 aliphatic carbocycles.